The van der Waals surface area contributed by atoms with Gasteiger partial charge in [-0.1, -0.05) is 42.5 Å². The summed E-state index contributed by atoms with van der Waals surface area (Å²) in [4.78, 5) is 12.0. The number of nitrogens with one attached hydrogen (secondary N) is 1. The summed E-state index contributed by atoms with van der Waals surface area (Å²) >= 11 is 1.75. The van der Waals surface area contributed by atoms with Gasteiger partial charge >= 0.3 is 0 Å². The van der Waals surface area contributed by atoms with Gasteiger partial charge in [0.05, 0.1) is 0 Å². The van der Waals surface area contributed by atoms with Crippen LogP contribution in [0.15, 0.2) is 54.6 Å². The summed E-state index contributed by atoms with van der Waals surface area (Å²) in [6, 6.07) is 16.5. The summed E-state index contributed by atoms with van der Waals surface area (Å²) in [7, 11) is 0. The van der Waals surface area contributed by atoms with Crippen LogP contribution < -0.4 is 5.32 Å². The zero-order valence-electron chi connectivity index (χ0n) is 11.2. The van der Waals surface area contributed by atoms with E-state index in [1.807, 2.05) is 36.6 Å². The van der Waals surface area contributed by atoms with Crippen molar-refractivity contribution in [3.63, 3.8) is 0 Å². The molecule has 104 valence electrons. The Hall–Kier alpha value is -1.78. The first-order valence-corrected chi connectivity index (χ1v) is 7.72. The van der Waals surface area contributed by atoms with Gasteiger partial charge in [-0.15, -0.1) is 0 Å². The molecule has 0 saturated carbocycles. The molecule has 3 nitrogen and oxygen atoms in total. The molecule has 0 aliphatic carbocycles. The van der Waals surface area contributed by atoms with E-state index in [2.05, 4.69) is 5.32 Å². The first-order valence-electron chi connectivity index (χ1n) is 6.32. The SMILES string of the molecule is CSCc1ccc(NC(=O)C(O)c2ccccc2)cc1. The molecule has 2 aromatic carbocycles. The van der Waals surface area contributed by atoms with Gasteiger partial charge in [0.25, 0.3) is 5.91 Å². The van der Waals surface area contributed by atoms with E-state index in [0.717, 1.165) is 5.75 Å². The van der Waals surface area contributed by atoms with Crippen molar-refractivity contribution in [1.82, 2.24) is 0 Å². The standard InChI is InChI=1S/C16H17NO2S/c1-20-11-12-7-9-14(10-8-12)17-16(19)15(18)13-5-3-2-4-6-13/h2-10,15,18H,11H2,1H3,(H,17,19). The molecule has 0 bridgehead atoms. The third-order valence-electron chi connectivity index (χ3n) is 2.90. The van der Waals surface area contributed by atoms with Crippen molar-refractivity contribution in [3.8, 4) is 0 Å². The second kappa shape index (κ2) is 7.12. The number of benzene rings is 2. The van der Waals surface area contributed by atoms with Gasteiger partial charge in [-0.25, -0.2) is 0 Å². The van der Waals surface area contributed by atoms with Crippen LogP contribution in [0.2, 0.25) is 0 Å². The number of carbonyl (C=O) groups excluding carboxylic acids is 1. The smallest absolute Gasteiger partial charge is 0.257 e. The molecule has 0 aliphatic rings. The van der Waals surface area contributed by atoms with Crippen LogP contribution in [0.5, 0.6) is 0 Å². The lowest BCUT2D eigenvalue weighted by Gasteiger charge is -2.12. The number of carbonyl (C=O) groups is 1. The van der Waals surface area contributed by atoms with Crippen molar-refractivity contribution in [3.05, 3.63) is 65.7 Å². The largest absolute Gasteiger partial charge is 0.378 e. The Morgan fingerprint density at radius 3 is 2.40 bits per heavy atom. The Labute approximate surface area is 123 Å². The Balaban J connectivity index is 2.00. The molecule has 0 aromatic heterocycles. The average molecular weight is 287 g/mol. The Morgan fingerprint density at radius 1 is 1.15 bits per heavy atom. The van der Waals surface area contributed by atoms with Crippen LogP contribution >= 0.6 is 11.8 Å². The van der Waals surface area contributed by atoms with E-state index in [-0.39, 0.29) is 0 Å². The molecule has 2 N–H and O–H groups in total. The minimum Gasteiger partial charge on any atom is -0.378 e. The summed E-state index contributed by atoms with van der Waals surface area (Å²) in [5.41, 5.74) is 2.48. The lowest BCUT2D eigenvalue weighted by atomic mass is 10.1. The summed E-state index contributed by atoms with van der Waals surface area (Å²) in [5.74, 6) is 0.523. The summed E-state index contributed by atoms with van der Waals surface area (Å²) in [5, 5.41) is 12.7. The monoisotopic (exact) mass is 287 g/mol. The van der Waals surface area contributed by atoms with Gasteiger partial charge in [0, 0.05) is 11.4 Å². The Bertz CT molecular complexity index is 554. The van der Waals surface area contributed by atoms with Crippen LogP contribution in [-0.4, -0.2) is 17.3 Å². The summed E-state index contributed by atoms with van der Waals surface area (Å²) < 4.78 is 0. The Kier molecular flexibility index (Phi) is 5.21. The molecule has 1 unspecified atom stereocenters. The van der Waals surface area contributed by atoms with E-state index >= 15 is 0 Å². The van der Waals surface area contributed by atoms with Crippen molar-refractivity contribution < 1.29 is 9.90 Å². The predicted molar refractivity (Wildman–Crippen MR) is 83.7 cm³/mol. The highest BCUT2D eigenvalue weighted by Gasteiger charge is 2.16. The first kappa shape index (κ1) is 14.6. The van der Waals surface area contributed by atoms with Crippen molar-refractivity contribution in [2.24, 2.45) is 0 Å². The molecule has 0 aliphatic heterocycles. The van der Waals surface area contributed by atoms with Crippen molar-refractivity contribution in [2.75, 3.05) is 11.6 Å². The van der Waals surface area contributed by atoms with Crippen LogP contribution in [-0.2, 0) is 10.5 Å². The maximum atomic E-state index is 12.0. The molecule has 2 rings (SSSR count). The fourth-order valence-electron chi connectivity index (χ4n) is 1.85. The van der Waals surface area contributed by atoms with Crippen molar-refractivity contribution in [1.29, 1.82) is 0 Å². The van der Waals surface area contributed by atoms with E-state index in [9.17, 15) is 9.90 Å². The lowest BCUT2D eigenvalue weighted by molar-refractivity contribution is -0.124. The first-order chi connectivity index (χ1) is 9.70. The highest BCUT2D eigenvalue weighted by atomic mass is 32.2. The quantitative estimate of drug-likeness (QED) is 0.887. The lowest BCUT2D eigenvalue weighted by Crippen LogP contribution is -2.20. The Morgan fingerprint density at radius 2 is 1.80 bits per heavy atom. The number of hydrogen-bond acceptors (Lipinski definition) is 3. The van der Waals surface area contributed by atoms with E-state index in [1.165, 1.54) is 5.56 Å². The van der Waals surface area contributed by atoms with Crippen LogP contribution in [0.4, 0.5) is 5.69 Å². The molecule has 0 radical (unpaired) electrons. The summed E-state index contributed by atoms with van der Waals surface area (Å²) in [6.07, 6.45) is 0.897. The van der Waals surface area contributed by atoms with Gasteiger partial charge in [-0.3, -0.25) is 4.79 Å². The van der Waals surface area contributed by atoms with Gasteiger partial charge in [0.1, 0.15) is 0 Å². The van der Waals surface area contributed by atoms with E-state index in [0.29, 0.717) is 11.3 Å². The van der Waals surface area contributed by atoms with Gasteiger partial charge in [0.2, 0.25) is 0 Å². The highest BCUT2D eigenvalue weighted by Crippen LogP contribution is 2.17. The van der Waals surface area contributed by atoms with E-state index in [1.54, 1.807) is 36.0 Å². The maximum Gasteiger partial charge on any atom is 0.257 e. The molecule has 2 aromatic rings. The fourth-order valence-corrected chi connectivity index (χ4v) is 2.37. The van der Waals surface area contributed by atoms with Crippen LogP contribution in [0.1, 0.15) is 17.2 Å². The van der Waals surface area contributed by atoms with Crippen LogP contribution in [0.25, 0.3) is 0 Å². The van der Waals surface area contributed by atoms with Crippen molar-refractivity contribution in [2.45, 2.75) is 11.9 Å². The van der Waals surface area contributed by atoms with Crippen LogP contribution in [0.3, 0.4) is 0 Å². The molecule has 1 amide bonds. The fraction of sp³-hybridized carbons (Fsp3) is 0.188. The number of rotatable bonds is 5. The third-order valence-corrected chi connectivity index (χ3v) is 3.52. The zero-order chi connectivity index (χ0) is 14.4. The van der Waals surface area contributed by atoms with Gasteiger partial charge < -0.3 is 10.4 Å². The summed E-state index contributed by atoms with van der Waals surface area (Å²) in [6.45, 7) is 0. The van der Waals surface area contributed by atoms with Gasteiger partial charge in [-0.05, 0) is 29.5 Å². The molecule has 20 heavy (non-hydrogen) atoms. The average Bonchev–Trinajstić information content (AvgIpc) is 2.49. The third kappa shape index (κ3) is 3.85. The highest BCUT2D eigenvalue weighted by molar-refractivity contribution is 7.97. The number of aliphatic hydroxyl groups excluding tert-OH is 1. The van der Waals surface area contributed by atoms with Gasteiger partial charge in [0.15, 0.2) is 6.10 Å². The van der Waals surface area contributed by atoms with Crippen LogP contribution in [0, 0.1) is 0 Å². The topological polar surface area (TPSA) is 49.3 Å². The molecular weight excluding hydrogens is 270 g/mol. The number of aliphatic hydroxyl groups is 1. The molecule has 0 saturated heterocycles. The van der Waals surface area contributed by atoms with E-state index < -0.39 is 12.0 Å². The van der Waals surface area contributed by atoms with Crippen molar-refractivity contribution >= 4 is 23.4 Å². The molecular formula is C16H17NO2S. The molecule has 4 heteroatoms. The number of hydrogen-bond donors (Lipinski definition) is 2. The zero-order valence-corrected chi connectivity index (χ0v) is 12.1. The van der Waals surface area contributed by atoms with E-state index in [4.69, 9.17) is 0 Å². The molecule has 0 heterocycles. The predicted octanol–water partition coefficient (Wildman–Crippen LogP) is 3.22. The number of amides is 1. The second-order valence-electron chi connectivity index (χ2n) is 4.43. The maximum absolute atomic E-state index is 12.0. The number of thioether (sulfide) groups is 1. The minimum atomic E-state index is -1.15. The molecule has 1 atom stereocenters. The molecule has 0 spiro atoms. The second-order valence-corrected chi connectivity index (χ2v) is 5.30. The minimum absolute atomic E-state index is 0.422. The van der Waals surface area contributed by atoms with Gasteiger partial charge in [-0.2, -0.15) is 11.8 Å². The normalized spacial score (nSPS) is 11.9. The molecule has 0 fully saturated rings. The number of anilines is 1.